The van der Waals surface area contributed by atoms with Crippen LogP contribution in [0, 0.1) is 0 Å². The molecular formula is C13H21N3O4. The summed E-state index contributed by atoms with van der Waals surface area (Å²) in [5, 5.41) is 6.52. The molecule has 112 valence electrons. The molecule has 1 aromatic heterocycles. The number of amides is 1. The van der Waals surface area contributed by atoms with Gasteiger partial charge in [-0.1, -0.05) is 0 Å². The Labute approximate surface area is 118 Å². The Balaban J connectivity index is 2.70. The van der Waals surface area contributed by atoms with Crippen LogP contribution in [0.1, 0.15) is 26.3 Å². The van der Waals surface area contributed by atoms with Gasteiger partial charge in [-0.05, 0) is 26.3 Å². The molecule has 1 rings (SSSR count). The van der Waals surface area contributed by atoms with Crippen molar-refractivity contribution < 1.29 is 19.1 Å². The number of nitrogens with one attached hydrogen (secondary N) is 1. The number of aryl methyl sites for hydroxylation is 1. The van der Waals surface area contributed by atoms with Crippen LogP contribution in [0.5, 0.6) is 0 Å². The first kappa shape index (κ1) is 16.0. The fraction of sp³-hybridized carbons (Fsp3) is 0.615. The van der Waals surface area contributed by atoms with Gasteiger partial charge in [-0.3, -0.25) is 4.68 Å². The summed E-state index contributed by atoms with van der Waals surface area (Å²) in [6, 6.07) is -0.806. The number of esters is 1. The van der Waals surface area contributed by atoms with Gasteiger partial charge in [0.15, 0.2) is 0 Å². The van der Waals surface area contributed by atoms with Crippen molar-refractivity contribution in [3.8, 4) is 0 Å². The summed E-state index contributed by atoms with van der Waals surface area (Å²) in [7, 11) is 3.05. The molecule has 0 aliphatic rings. The molecule has 20 heavy (non-hydrogen) atoms. The van der Waals surface area contributed by atoms with E-state index in [4.69, 9.17) is 4.74 Å². The van der Waals surface area contributed by atoms with Gasteiger partial charge in [-0.15, -0.1) is 0 Å². The molecule has 1 amide bonds. The van der Waals surface area contributed by atoms with Crippen LogP contribution in [0.3, 0.4) is 0 Å². The van der Waals surface area contributed by atoms with Crippen LogP contribution >= 0.6 is 0 Å². The van der Waals surface area contributed by atoms with Gasteiger partial charge in [0.2, 0.25) is 0 Å². The first-order valence-electron chi connectivity index (χ1n) is 6.26. The van der Waals surface area contributed by atoms with Gasteiger partial charge >= 0.3 is 12.1 Å². The average Bonchev–Trinajstić information content (AvgIpc) is 2.70. The summed E-state index contributed by atoms with van der Waals surface area (Å²) >= 11 is 0. The first-order chi connectivity index (χ1) is 9.21. The smallest absolute Gasteiger partial charge is 0.408 e. The molecular weight excluding hydrogens is 262 g/mol. The predicted octanol–water partition coefficient (Wildman–Crippen LogP) is 1.03. The summed E-state index contributed by atoms with van der Waals surface area (Å²) in [6.45, 7) is 5.25. The zero-order valence-corrected chi connectivity index (χ0v) is 12.5. The molecule has 0 saturated carbocycles. The molecule has 7 nitrogen and oxygen atoms in total. The molecule has 1 heterocycles. The third-order valence-corrected chi connectivity index (χ3v) is 2.37. The molecule has 0 saturated heterocycles. The fourth-order valence-corrected chi connectivity index (χ4v) is 1.60. The lowest BCUT2D eigenvalue weighted by Crippen LogP contribution is -2.45. The van der Waals surface area contributed by atoms with Crippen molar-refractivity contribution in [2.75, 3.05) is 7.11 Å². The van der Waals surface area contributed by atoms with Crippen molar-refractivity contribution >= 4 is 12.1 Å². The largest absolute Gasteiger partial charge is 0.467 e. The Hall–Kier alpha value is -2.05. The van der Waals surface area contributed by atoms with E-state index in [0.29, 0.717) is 6.42 Å². The zero-order valence-electron chi connectivity index (χ0n) is 12.5. The van der Waals surface area contributed by atoms with Gasteiger partial charge < -0.3 is 14.8 Å². The van der Waals surface area contributed by atoms with E-state index in [0.717, 1.165) is 5.56 Å². The number of methoxy groups -OCH3 is 1. The lowest BCUT2D eigenvalue weighted by atomic mass is 10.1. The lowest BCUT2D eigenvalue weighted by molar-refractivity contribution is -0.143. The van der Waals surface area contributed by atoms with Crippen molar-refractivity contribution in [2.45, 2.75) is 38.8 Å². The molecule has 1 atom stereocenters. The maximum atomic E-state index is 11.7. The number of alkyl carbamates (subject to hydrolysis) is 1. The van der Waals surface area contributed by atoms with Gasteiger partial charge in [0.25, 0.3) is 0 Å². The Morgan fingerprint density at radius 2 is 2.10 bits per heavy atom. The monoisotopic (exact) mass is 283 g/mol. The average molecular weight is 283 g/mol. The highest BCUT2D eigenvalue weighted by Gasteiger charge is 2.25. The number of hydrogen-bond donors (Lipinski definition) is 1. The van der Waals surface area contributed by atoms with Gasteiger partial charge in [0.05, 0.1) is 13.3 Å². The van der Waals surface area contributed by atoms with Crippen molar-refractivity contribution in [3.63, 3.8) is 0 Å². The van der Waals surface area contributed by atoms with E-state index < -0.39 is 23.7 Å². The van der Waals surface area contributed by atoms with E-state index in [1.165, 1.54) is 7.11 Å². The number of carbonyl (C=O) groups is 2. The van der Waals surface area contributed by atoms with Crippen molar-refractivity contribution in [1.82, 2.24) is 15.1 Å². The summed E-state index contributed by atoms with van der Waals surface area (Å²) in [5.74, 6) is -0.528. The van der Waals surface area contributed by atoms with Crippen LogP contribution in [0.2, 0.25) is 0 Å². The summed E-state index contributed by atoms with van der Waals surface area (Å²) in [6.07, 6.45) is 3.04. The van der Waals surface area contributed by atoms with Gasteiger partial charge in [-0.2, -0.15) is 5.10 Å². The molecule has 0 fully saturated rings. The molecule has 0 spiro atoms. The van der Waals surface area contributed by atoms with Crippen molar-refractivity contribution in [3.05, 3.63) is 18.0 Å². The highest BCUT2D eigenvalue weighted by atomic mass is 16.6. The Kier molecular flexibility index (Phi) is 5.12. The van der Waals surface area contributed by atoms with Crippen LogP contribution in [0.15, 0.2) is 12.4 Å². The minimum atomic E-state index is -0.806. The van der Waals surface area contributed by atoms with E-state index in [-0.39, 0.29) is 0 Å². The third kappa shape index (κ3) is 5.29. The number of nitrogens with zero attached hydrogens (tertiary/aromatic N) is 2. The minimum absolute atomic E-state index is 0.291. The maximum absolute atomic E-state index is 11.7. The minimum Gasteiger partial charge on any atom is -0.467 e. The zero-order chi connectivity index (χ0) is 15.3. The lowest BCUT2D eigenvalue weighted by Gasteiger charge is -2.22. The highest BCUT2D eigenvalue weighted by molar-refractivity contribution is 5.81. The molecule has 0 bridgehead atoms. The van der Waals surface area contributed by atoms with Gasteiger partial charge in [-0.25, -0.2) is 9.59 Å². The number of hydrogen-bond acceptors (Lipinski definition) is 5. The van der Waals surface area contributed by atoms with Crippen molar-refractivity contribution in [2.24, 2.45) is 7.05 Å². The number of ether oxygens (including phenoxy) is 2. The number of rotatable bonds is 4. The Morgan fingerprint density at radius 1 is 1.45 bits per heavy atom. The van der Waals surface area contributed by atoms with Crippen molar-refractivity contribution in [1.29, 1.82) is 0 Å². The SMILES string of the molecule is COC(=O)[C@@H](Cc1cnn(C)c1)NC(=O)OC(C)(C)C. The fourth-order valence-electron chi connectivity index (χ4n) is 1.60. The second-order valence-corrected chi connectivity index (χ2v) is 5.45. The predicted molar refractivity (Wildman–Crippen MR) is 72.1 cm³/mol. The van der Waals surface area contributed by atoms with Crippen LogP contribution in [-0.4, -0.2) is 40.6 Å². The summed E-state index contributed by atoms with van der Waals surface area (Å²) in [5.41, 5.74) is 0.193. The first-order valence-corrected chi connectivity index (χ1v) is 6.26. The molecule has 0 unspecified atom stereocenters. The van der Waals surface area contributed by atoms with E-state index in [1.807, 2.05) is 0 Å². The Bertz CT molecular complexity index is 476. The molecule has 0 aliphatic heterocycles. The molecule has 0 aromatic carbocycles. The van der Waals surface area contributed by atoms with Crippen LogP contribution < -0.4 is 5.32 Å². The van der Waals surface area contributed by atoms with E-state index in [9.17, 15) is 9.59 Å². The van der Waals surface area contributed by atoms with E-state index in [2.05, 4.69) is 15.2 Å². The summed E-state index contributed by atoms with van der Waals surface area (Å²) in [4.78, 5) is 23.4. The second kappa shape index (κ2) is 6.40. The standard InChI is InChI=1S/C13H21N3O4/c1-13(2,3)20-12(18)15-10(11(17)19-5)6-9-7-14-16(4)8-9/h7-8,10H,6H2,1-5H3,(H,15,18)/t10-/m1/s1. The quantitative estimate of drug-likeness (QED) is 0.834. The highest BCUT2D eigenvalue weighted by Crippen LogP contribution is 2.08. The molecule has 0 aliphatic carbocycles. The van der Waals surface area contributed by atoms with Crippen LogP contribution in [-0.2, 0) is 27.7 Å². The second-order valence-electron chi connectivity index (χ2n) is 5.45. The van der Waals surface area contributed by atoms with Crippen LogP contribution in [0.4, 0.5) is 4.79 Å². The van der Waals surface area contributed by atoms with E-state index in [1.54, 1.807) is 44.9 Å². The third-order valence-electron chi connectivity index (χ3n) is 2.37. The maximum Gasteiger partial charge on any atom is 0.408 e. The number of aromatic nitrogens is 2. The molecule has 1 N–H and O–H groups in total. The number of carbonyl (C=O) groups excluding carboxylic acids is 2. The molecule has 7 heteroatoms. The molecule has 1 aromatic rings. The molecule has 0 radical (unpaired) electrons. The Morgan fingerprint density at radius 3 is 2.55 bits per heavy atom. The normalized spacial score (nSPS) is 12.7. The summed E-state index contributed by atoms with van der Waals surface area (Å²) < 4.78 is 11.4. The van der Waals surface area contributed by atoms with Gasteiger partial charge in [0, 0.05) is 19.7 Å². The topological polar surface area (TPSA) is 82.5 Å². The van der Waals surface area contributed by atoms with Crippen LogP contribution in [0.25, 0.3) is 0 Å². The van der Waals surface area contributed by atoms with Gasteiger partial charge in [0.1, 0.15) is 11.6 Å². The van der Waals surface area contributed by atoms with E-state index >= 15 is 0 Å².